The Balaban J connectivity index is 0.00000181. The molecule has 1 atom stereocenters. The van der Waals surface area contributed by atoms with Crippen molar-refractivity contribution in [3.63, 3.8) is 0 Å². The van der Waals surface area contributed by atoms with E-state index in [2.05, 4.69) is 5.32 Å². The van der Waals surface area contributed by atoms with Crippen LogP contribution in [-0.2, 0) is 24.5 Å². The van der Waals surface area contributed by atoms with Crippen molar-refractivity contribution in [1.29, 1.82) is 0 Å². The third-order valence-electron chi connectivity index (χ3n) is 6.78. The van der Waals surface area contributed by atoms with E-state index in [1.165, 1.54) is 6.07 Å². The van der Waals surface area contributed by atoms with E-state index in [0.717, 1.165) is 17.7 Å². The van der Waals surface area contributed by atoms with Crippen LogP contribution in [0.4, 0.5) is 8.78 Å². The third-order valence-corrected chi connectivity index (χ3v) is 6.78. The first-order valence-electron chi connectivity index (χ1n) is 13.3. The number of rotatable bonds is 7. The van der Waals surface area contributed by atoms with Gasteiger partial charge in [-0.15, -0.1) is 0 Å². The van der Waals surface area contributed by atoms with Gasteiger partial charge in [0.2, 0.25) is 5.43 Å². The zero-order valence-corrected chi connectivity index (χ0v) is 23.0. The van der Waals surface area contributed by atoms with Gasteiger partial charge < -0.3 is 24.3 Å². The fourth-order valence-corrected chi connectivity index (χ4v) is 4.88. The summed E-state index contributed by atoms with van der Waals surface area (Å²) in [4.78, 5) is 42.4. The number of nitrogens with zero attached hydrogens (tertiary/aromatic N) is 2. The molecular weight excluding hydrogens is 520 g/mol. The highest BCUT2D eigenvalue weighted by Gasteiger charge is 2.41. The average Bonchev–Trinajstić information content (AvgIpc) is 2.95. The molecule has 10 heteroatoms. The summed E-state index contributed by atoms with van der Waals surface area (Å²) in [5, 5.41) is 2.55. The van der Waals surface area contributed by atoms with Crippen LogP contribution in [0.2, 0.25) is 0 Å². The van der Waals surface area contributed by atoms with Crippen molar-refractivity contribution in [3.05, 3.63) is 98.5 Å². The van der Waals surface area contributed by atoms with Crippen LogP contribution in [0.3, 0.4) is 0 Å². The van der Waals surface area contributed by atoms with Crippen molar-refractivity contribution < 1.29 is 27.8 Å². The summed E-state index contributed by atoms with van der Waals surface area (Å²) in [6.45, 7) is 8.10. The number of aromatic nitrogens is 1. The maximum absolute atomic E-state index is 14.1. The molecule has 0 radical (unpaired) electrons. The molecule has 1 aromatic heterocycles. The van der Waals surface area contributed by atoms with Crippen molar-refractivity contribution >= 4 is 11.8 Å². The number of benzene rings is 2. The van der Waals surface area contributed by atoms with Crippen molar-refractivity contribution in [2.45, 2.75) is 59.5 Å². The number of halogens is 2. The van der Waals surface area contributed by atoms with Crippen LogP contribution in [0.25, 0.3) is 0 Å². The van der Waals surface area contributed by atoms with E-state index in [4.69, 9.17) is 9.47 Å². The largest absolute Gasteiger partial charge is 0.483 e. The Hall–Kier alpha value is -4.05. The van der Waals surface area contributed by atoms with E-state index in [0.29, 0.717) is 13.2 Å². The monoisotopic (exact) mass is 553 g/mol. The van der Waals surface area contributed by atoms with Crippen LogP contribution in [-0.4, -0.2) is 40.5 Å². The fourth-order valence-electron chi connectivity index (χ4n) is 4.88. The topological polar surface area (TPSA) is 89.9 Å². The van der Waals surface area contributed by atoms with Gasteiger partial charge >= 0.3 is 0 Å². The highest BCUT2D eigenvalue weighted by molar-refractivity contribution is 6.00. The second-order valence-corrected chi connectivity index (χ2v) is 9.61. The Morgan fingerprint density at radius 1 is 1.12 bits per heavy atom. The number of carbonyl (C=O) groups excluding carboxylic acids is 2. The first-order chi connectivity index (χ1) is 19.3. The molecule has 1 N–H and O–H groups in total. The molecule has 0 aliphatic carbocycles. The first-order valence-corrected chi connectivity index (χ1v) is 13.3. The van der Waals surface area contributed by atoms with Gasteiger partial charge in [-0.25, -0.2) is 8.78 Å². The molecule has 0 fully saturated rings. The van der Waals surface area contributed by atoms with E-state index < -0.39 is 23.0 Å². The Morgan fingerprint density at radius 2 is 1.85 bits per heavy atom. The molecule has 2 aromatic carbocycles. The van der Waals surface area contributed by atoms with Gasteiger partial charge in [0.1, 0.15) is 23.8 Å². The Morgan fingerprint density at radius 3 is 2.52 bits per heavy atom. The average molecular weight is 554 g/mol. The molecule has 0 bridgehead atoms. The number of ether oxygens (including phenoxy) is 2. The Labute approximate surface area is 231 Å². The zero-order chi connectivity index (χ0) is 29.0. The molecule has 2 aliphatic heterocycles. The van der Waals surface area contributed by atoms with E-state index >= 15 is 0 Å². The first kappa shape index (κ1) is 28.9. The van der Waals surface area contributed by atoms with Gasteiger partial charge in [0, 0.05) is 30.8 Å². The minimum Gasteiger partial charge on any atom is -0.483 e. The van der Waals surface area contributed by atoms with Gasteiger partial charge in [0.25, 0.3) is 11.8 Å². The summed E-state index contributed by atoms with van der Waals surface area (Å²) >= 11 is 0. The standard InChI is InChI=1S/C28H27F2N3O5.C2H6/c1-16(2)32-12-20-14-37-15-22-23(27(35)31-11-18-8-9-19(29)10-21(18)30)25(34)26(24(28(32)36)33(20)22)38-13-17-6-4-3-5-7-17;1-2/h3-10,16,20H,11-15H2,1-2H3,(H,31,35);1-2H3. The molecular formula is C30H33F2N3O5. The van der Waals surface area contributed by atoms with E-state index in [1.807, 2.05) is 58.0 Å². The highest BCUT2D eigenvalue weighted by Crippen LogP contribution is 2.34. The maximum Gasteiger partial charge on any atom is 0.274 e. The predicted octanol–water partition coefficient (Wildman–Crippen LogP) is 4.60. The van der Waals surface area contributed by atoms with Crippen molar-refractivity contribution in [3.8, 4) is 5.75 Å². The van der Waals surface area contributed by atoms with E-state index in [9.17, 15) is 23.2 Å². The van der Waals surface area contributed by atoms with Crippen molar-refractivity contribution in [2.75, 3.05) is 13.2 Å². The highest BCUT2D eigenvalue weighted by atomic mass is 19.1. The van der Waals surface area contributed by atoms with Crippen LogP contribution in [0.5, 0.6) is 5.75 Å². The normalized spacial score (nSPS) is 15.7. The van der Waals surface area contributed by atoms with Gasteiger partial charge in [0.15, 0.2) is 11.4 Å². The van der Waals surface area contributed by atoms with Crippen molar-refractivity contribution in [2.24, 2.45) is 0 Å². The molecule has 1 unspecified atom stereocenters. The Kier molecular flexibility index (Phi) is 8.99. The van der Waals surface area contributed by atoms with Crippen LogP contribution in [0.1, 0.15) is 71.4 Å². The second-order valence-electron chi connectivity index (χ2n) is 9.61. The molecule has 2 amide bonds. The number of pyridine rings is 1. The summed E-state index contributed by atoms with van der Waals surface area (Å²) in [5.74, 6) is -2.89. The lowest BCUT2D eigenvalue weighted by atomic mass is 10.0. The molecule has 0 spiro atoms. The molecule has 0 saturated heterocycles. The number of nitrogens with one attached hydrogen (secondary N) is 1. The second kappa shape index (κ2) is 12.4. The molecule has 3 aromatic rings. The minimum atomic E-state index is -0.816. The molecule has 0 saturated carbocycles. The lowest BCUT2D eigenvalue weighted by Crippen LogP contribution is -2.51. The minimum absolute atomic E-state index is 0.0143. The van der Waals surface area contributed by atoms with Crippen molar-refractivity contribution in [1.82, 2.24) is 14.8 Å². The molecule has 212 valence electrons. The molecule has 5 rings (SSSR count). The predicted molar refractivity (Wildman–Crippen MR) is 145 cm³/mol. The molecule has 8 nitrogen and oxygen atoms in total. The molecule has 40 heavy (non-hydrogen) atoms. The SMILES string of the molecule is CC.CC(C)N1CC2COCc3c(C(=O)NCc4ccc(F)cc4F)c(=O)c(OCc4ccccc4)c(n32)C1=O. The number of amides is 2. The van der Waals surface area contributed by atoms with Gasteiger partial charge in [0.05, 0.1) is 24.9 Å². The Bertz CT molecular complexity index is 1460. The summed E-state index contributed by atoms with van der Waals surface area (Å²) < 4.78 is 40.8. The van der Waals surface area contributed by atoms with Crippen LogP contribution >= 0.6 is 0 Å². The quantitative estimate of drug-likeness (QED) is 0.462. The lowest BCUT2D eigenvalue weighted by molar-refractivity contribution is 0.0189. The number of hydrogen-bond donors (Lipinski definition) is 1. The summed E-state index contributed by atoms with van der Waals surface area (Å²) in [5.41, 5.74) is 0.224. The smallest absolute Gasteiger partial charge is 0.274 e. The number of carbonyl (C=O) groups is 2. The summed E-state index contributed by atoms with van der Waals surface area (Å²) in [6.07, 6.45) is 0. The maximum atomic E-state index is 14.1. The van der Waals surface area contributed by atoms with E-state index in [-0.39, 0.29) is 66.0 Å². The van der Waals surface area contributed by atoms with Gasteiger partial charge in [-0.05, 0) is 25.5 Å². The van der Waals surface area contributed by atoms with Crippen LogP contribution in [0.15, 0.2) is 53.3 Å². The molecule has 3 heterocycles. The third kappa shape index (κ3) is 5.62. The fraction of sp³-hybridized carbons (Fsp3) is 0.367. The number of hydrogen-bond acceptors (Lipinski definition) is 5. The molecule has 2 aliphatic rings. The van der Waals surface area contributed by atoms with Crippen LogP contribution < -0.4 is 15.5 Å². The van der Waals surface area contributed by atoms with Gasteiger partial charge in [-0.2, -0.15) is 0 Å². The lowest BCUT2D eigenvalue weighted by Gasteiger charge is -2.42. The van der Waals surface area contributed by atoms with Gasteiger partial charge in [-0.3, -0.25) is 14.4 Å². The zero-order valence-electron chi connectivity index (χ0n) is 23.0. The summed E-state index contributed by atoms with van der Waals surface area (Å²) in [6, 6.07) is 11.7. The van der Waals surface area contributed by atoms with Crippen LogP contribution in [0, 0.1) is 11.6 Å². The summed E-state index contributed by atoms with van der Waals surface area (Å²) in [7, 11) is 0. The van der Waals surface area contributed by atoms with Gasteiger partial charge in [-0.1, -0.05) is 50.2 Å². The van der Waals surface area contributed by atoms with E-state index in [1.54, 1.807) is 9.47 Å².